The van der Waals surface area contributed by atoms with Crippen molar-refractivity contribution in [2.45, 2.75) is 45.6 Å². The summed E-state index contributed by atoms with van der Waals surface area (Å²) in [5.74, 6) is 0. The van der Waals surface area contributed by atoms with Crippen LogP contribution < -0.4 is 5.32 Å². The summed E-state index contributed by atoms with van der Waals surface area (Å²) >= 11 is 0. The van der Waals surface area contributed by atoms with Crippen LogP contribution in [0.3, 0.4) is 0 Å². The van der Waals surface area contributed by atoms with Crippen LogP contribution in [0.15, 0.2) is 0 Å². The van der Waals surface area contributed by atoms with Crippen molar-refractivity contribution in [1.82, 2.24) is 5.32 Å². The average molecular weight is 191 g/mol. The molecule has 13 heavy (non-hydrogen) atoms. The van der Waals surface area contributed by atoms with Gasteiger partial charge in [0, 0.05) is 12.1 Å². The summed E-state index contributed by atoms with van der Waals surface area (Å²) in [6.07, 6.45) is -1.14. The minimum atomic E-state index is -0.725. The first-order valence-electron chi connectivity index (χ1n) is 4.59. The standard InChI is InChI=1S/C9H21NO3/c1-7(11)9(3,4)10-5-6-13-8(2)12/h7-8,10-12H,5-6H2,1-4H3. The van der Waals surface area contributed by atoms with E-state index in [4.69, 9.17) is 9.84 Å². The minimum absolute atomic E-state index is 0.317. The van der Waals surface area contributed by atoms with Crippen LogP contribution in [0, 0.1) is 0 Å². The molecular formula is C9H21NO3. The van der Waals surface area contributed by atoms with E-state index < -0.39 is 12.4 Å². The summed E-state index contributed by atoms with van der Waals surface area (Å²) in [5.41, 5.74) is -0.317. The van der Waals surface area contributed by atoms with Gasteiger partial charge in [-0.3, -0.25) is 0 Å². The fraction of sp³-hybridized carbons (Fsp3) is 1.00. The molecule has 3 N–H and O–H groups in total. The second-order valence-electron chi connectivity index (χ2n) is 3.79. The van der Waals surface area contributed by atoms with Crippen LogP contribution in [0.5, 0.6) is 0 Å². The number of rotatable bonds is 6. The zero-order valence-electron chi connectivity index (χ0n) is 8.87. The monoisotopic (exact) mass is 191 g/mol. The second kappa shape index (κ2) is 5.54. The Morgan fingerprint density at radius 2 is 1.85 bits per heavy atom. The number of aliphatic hydroxyl groups is 2. The zero-order chi connectivity index (χ0) is 10.5. The van der Waals surface area contributed by atoms with Crippen molar-refractivity contribution in [1.29, 1.82) is 0 Å². The number of hydrogen-bond donors (Lipinski definition) is 3. The molecule has 80 valence electrons. The maximum absolute atomic E-state index is 9.34. The smallest absolute Gasteiger partial charge is 0.151 e. The molecule has 4 heteroatoms. The minimum Gasteiger partial charge on any atom is -0.392 e. The van der Waals surface area contributed by atoms with Crippen LogP contribution in [-0.4, -0.2) is 41.3 Å². The Morgan fingerprint density at radius 3 is 2.23 bits per heavy atom. The van der Waals surface area contributed by atoms with Gasteiger partial charge in [-0.1, -0.05) is 0 Å². The van der Waals surface area contributed by atoms with E-state index >= 15 is 0 Å². The fourth-order valence-corrected chi connectivity index (χ4v) is 0.750. The van der Waals surface area contributed by atoms with Crippen molar-refractivity contribution in [3.63, 3.8) is 0 Å². The van der Waals surface area contributed by atoms with Crippen molar-refractivity contribution in [2.75, 3.05) is 13.2 Å². The van der Waals surface area contributed by atoms with Gasteiger partial charge in [0.25, 0.3) is 0 Å². The van der Waals surface area contributed by atoms with Crippen LogP contribution in [0.2, 0.25) is 0 Å². The molecule has 0 saturated heterocycles. The molecule has 0 aromatic carbocycles. The lowest BCUT2D eigenvalue weighted by Crippen LogP contribution is -2.49. The summed E-state index contributed by atoms with van der Waals surface area (Å²) in [4.78, 5) is 0. The van der Waals surface area contributed by atoms with Gasteiger partial charge in [0.1, 0.15) is 0 Å². The van der Waals surface area contributed by atoms with E-state index in [0.717, 1.165) is 0 Å². The second-order valence-corrected chi connectivity index (χ2v) is 3.79. The molecule has 0 aliphatic rings. The largest absolute Gasteiger partial charge is 0.392 e. The van der Waals surface area contributed by atoms with Gasteiger partial charge >= 0.3 is 0 Å². The van der Waals surface area contributed by atoms with E-state index in [2.05, 4.69) is 5.32 Å². The van der Waals surface area contributed by atoms with E-state index in [9.17, 15) is 5.11 Å². The van der Waals surface area contributed by atoms with Crippen LogP contribution >= 0.6 is 0 Å². The molecule has 0 bridgehead atoms. The SMILES string of the molecule is CC(O)OCCNC(C)(C)C(C)O. The molecule has 4 nitrogen and oxygen atoms in total. The van der Waals surface area contributed by atoms with Crippen LogP contribution in [0.1, 0.15) is 27.7 Å². The van der Waals surface area contributed by atoms with Gasteiger partial charge in [0.05, 0.1) is 12.7 Å². The van der Waals surface area contributed by atoms with Crippen molar-refractivity contribution >= 4 is 0 Å². The highest BCUT2D eigenvalue weighted by molar-refractivity contribution is 4.82. The third-order valence-corrected chi connectivity index (χ3v) is 2.09. The Bertz CT molecular complexity index is 135. The third-order valence-electron chi connectivity index (χ3n) is 2.09. The molecule has 0 spiro atoms. The maximum atomic E-state index is 9.34. The Hall–Kier alpha value is -0.160. The molecule has 0 amide bonds. The molecule has 0 aromatic rings. The van der Waals surface area contributed by atoms with E-state index in [1.807, 2.05) is 13.8 Å². The van der Waals surface area contributed by atoms with E-state index in [1.165, 1.54) is 0 Å². The van der Waals surface area contributed by atoms with Gasteiger partial charge in [0.2, 0.25) is 0 Å². The summed E-state index contributed by atoms with van der Waals surface area (Å²) in [6, 6.07) is 0. The molecule has 0 rings (SSSR count). The zero-order valence-corrected chi connectivity index (χ0v) is 8.87. The van der Waals surface area contributed by atoms with Crippen molar-refractivity contribution in [2.24, 2.45) is 0 Å². The first-order chi connectivity index (χ1) is 5.86. The van der Waals surface area contributed by atoms with E-state index in [0.29, 0.717) is 13.2 Å². The summed E-state index contributed by atoms with van der Waals surface area (Å²) < 4.78 is 4.93. The first-order valence-corrected chi connectivity index (χ1v) is 4.59. The van der Waals surface area contributed by atoms with Crippen molar-refractivity contribution in [3.05, 3.63) is 0 Å². The van der Waals surface area contributed by atoms with Gasteiger partial charge < -0.3 is 20.3 Å². The molecule has 0 fully saturated rings. The van der Waals surface area contributed by atoms with Gasteiger partial charge in [-0.15, -0.1) is 0 Å². The normalized spacial score (nSPS) is 17.1. The predicted octanol–water partition coefficient (Wildman–Crippen LogP) is 0.0903. The Kier molecular flexibility index (Phi) is 5.48. The number of aliphatic hydroxyl groups excluding tert-OH is 2. The molecular weight excluding hydrogens is 170 g/mol. The Balaban J connectivity index is 3.52. The molecule has 0 aromatic heterocycles. The average Bonchev–Trinajstić information content (AvgIpc) is 1.97. The number of hydrogen-bond acceptors (Lipinski definition) is 4. The van der Waals surface area contributed by atoms with Gasteiger partial charge in [-0.05, 0) is 27.7 Å². The predicted molar refractivity (Wildman–Crippen MR) is 51.4 cm³/mol. The number of ether oxygens (including phenoxy) is 1. The maximum Gasteiger partial charge on any atom is 0.151 e. The molecule has 0 aliphatic carbocycles. The van der Waals surface area contributed by atoms with Crippen molar-refractivity contribution < 1.29 is 14.9 Å². The van der Waals surface area contributed by atoms with Crippen LogP contribution in [0.4, 0.5) is 0 Å². The first kappa shape index (κ1) is 12.8. The summed E-state index contributed by atoms with van der Waals surface area (Å²) in [5, 5.41) is 21.3. The fourth-order valence-electron chi connectivity index (χ4n) is 0.750. The Labute approximate surface area is 79.9 Å². The highest BCUT2D eigenvalue weighted by Gasteiger charge is 2.22. The summed E-state index contributed by atoms with van der Waals surface area (Å²) in [7, 11) is 0. The highest BCUT2D eigenvalue weighted by Crippen LogP contribution is 2.07. The molecule has 0 saturated carbocycles. The summed E-state index contributed by atoms with van der Waals surface area (Å²) in [6.45, 7) is 8.19. The molecule has 2 atom stereocenters. The van der Waals surface area contributed by atoms with Gasteiger partial charge in [-0.2, -0.15) is 0 Å². The van der Waals surface area contributed by atoms with Crippen LogP contribution in [0.25, 0.3) is 0 Å². The molecule has 0 aliphatic heterocycles. The molecule has 0 radical (unpaired) electrons. The highest BCUT2D eigenvalue weighted by atomic mass is 16.6. The topological polar surface area (TPSA) is 61.7 Å². The lowest BCUT2D eigenvalue weighted by molar-refractivity contribution is -0.0851. The number of nitrogens with one attached hydrogen (secondary N) is 1. The third kappa shape index (κ3) is 5.99. The van der Waals surface area contributed by atoms with Crippen molar-refractivity contribution in [3.8, 4) is 0 Å². The molecule has 0 heterocycles. The van der Waals surface area contributed by atoms with E-state index in [1.54, 1.807) is 13.8 Å². The quantitative estimate of drug-likeness (QED) is 0.411. The lowest BCUT2D eigenvalue weighted by atomic mass is 9.99. The Morgan fingerprint density at radius 1 is 1.31 bits per heavy atom. The van der Waals surface area contributed by atoms with Gasteiger partial charge in [-0.25, -0.2) is 0 Å². The van der Waals surface area contributed by atoms with E-state index in [-0.39, 0.29) is 5.54 Å². The lowest BCUT2D eigenvalue weighted by Gasteiger charge is -2.29. The van der Waals surface area contributed by atoms with Gasteiger partial charge in [0.15, 0.2) is 6.29 Å². The van der Waals surface area contributed by atoms with Crippen LogP contribution in [-0.2, 0) is 4.74 Å². The molecule has 2 unspecified atom stereocenters.